The Bertz CT molecular complexity index is 1180. The number of anilines is 2. The van der Waals surface area contributed by atoms with Crippen LogP contribution < -0.4 is 16.0 Å². The standard InChI is InChI=1S/C15H15F3N4O2.C10H16N2/c16-15(17,18)13-11(14(23)24)9-22(20-13)8-10-3-4-19-12(7-10)21-5-1-2-6-21;1-7-4-9(11)5-8(2)10(7)6-12-3/h3-4,7,9H,1-2,5-6,8H2,(H,23,24);4-5,12H,6,11H2,1-3H3. The molecule has 194 valence electrons. The summed E-state index contributed by atoms with van der Waals surface area (Å²) >= 11 is 0. The number of carbonyl (C=O) groups is 1. The Labute approximate surface area is 207 Å². The second kappa shape index (κ2) is 11.4. The van der Waals surface area contributed by atoms with Gasteiger partial charge in [-0.3, -0.25) is 4.68 Å². The molecule has 1 aromatic carbocycles. The quantitative estimate of drug-likeness (QED) is 0.431. The zero-order valence-electron chi connectivity index (χ0n) is 20.6. The van der Waals surface area contributed by atoms with Crippen molar-refractivity contribution in [2.24, 2.45) is 0 Å². The molecule has 0 unspecified atom stereocenters. The zero-order valence-corrected chi connectivity index (χ0v) is 20.6. The van der Waals surface area contributed by atoms with Gasteiger partial charge in [0.05, 0.1) is 6.54 Å². The predicted octanol–water partition coefficient (Wildman–Crippen LogP) is 4.25. The number of hydrogen-bond donors (Lipinski definition) is 3. The van der Waals surface area contributed by atoms with Gasteiger partial charge in [-0.05, 0) is 80.3 Å². The highest BCUT2D eigenvalue weighted by molar-refractivity contribution is 5.88. The number of carboxylic acids is 1. The summed E-state index contributed by atoms with van der Waals surface area (Å²) in [7, 11) is 1.95. The minimum Gasteiger partial charge on any atom is -0.478 e. The topological polar surface area (TPSA) is 109 Å². The fourth-order valence-electron chi connectivity index (χ4n) is 4.22. The van der Waals surface area contributed by atoms with Crippen LogP contribution in [0.4, 0.5) is 24.7 Å². The van der Waals surface area contributed by atoms with Gasteiger partial charge in [-0.15, -0.1) is 0 Å². The molecule has 3 aromatic rings. The van der Waals surface area contributed by atoms with Crippen molar-refractivity contribution in [3.05, 3.63) is 70.2 Å². The molecular formula is C25H31F3N6O2. The normalized spacial score (nSPS) is 13.4. The molecule has 4 rings (SSSR count). The molecule has 1 aliphatic rings. The zero-order chi connectivity index (χ0) is 26.5. The Balaban J connectivity index is 0.000000253. The maximum atomic E-state index is 12.9. The van der Waals surface area contributed by atoms with Gasteiger partial charge in [0, 0.05) is 37.7 Å². The SMILES string of the molecule is CNCc1c(C)cc(N)cc1C.O=C(O)c1cn(Cc2ccnc(N3CCCC3)c2)nc1C(F)(F)F. The van der Waals surface area contributed by atoms with Crippen LogP contribution in [-0.2, 0) is 19.3 Å². The molecule has 0 radical (unpaired) electrons. The highest BCUT2D eigenvalue weighted by Crippen LogP contribution is 2.31. The molecule has 0 aliphatic carbocycles. The fraction of sp³-hybridized carbons (Fsp3) is 0.400. The van der Waals surface area contributed by atoms with E-state index in [-0.39, 0.29) is 6.54 Å². The largest absolute Gasteiger partial charge is 0.478 e. The van der Waals surface area contributed by atoms with E-state index in [9.17, 15) is 18.0 Å². The van der Waals surface area contributed by atoms with Crippen LogP contribution in [0, 0.1) is 13.8 Å². The number of halogens is 3. The van der Waals surface area contributed by atoms with Gasteiger partial charge < -0.3 is 21.1 Å². The van der Waals surface area contributed by atoms with E-state index in [1.54, 1.807) is 18.3 Å². The van der Waals surface area contributed by atoms with Crippen LogP contribution >= 0.6 is 0 Å². The third-order valence-corrected chi connectivity index (χ3v) is 5.92. The lowest BCUT2D eigenvalue weighted by Gasteiger charge is -2.16. The Kier molecular flexibility index (Phi) is 8.57. The monoisotopic (exact) mass is 504 g/mol. The molecule has 0 saturated carbocycles. The molecule has 1 aliphatic heterocycles. The lowest BCUT2D eigenvalue weighted by molar-refractivity contribution is -0.142. The van der Waals surface area contributed by atoms with Gasteiger partial charge in [-0.1, -0.05) is 0 Å². The molecule has 1 fully saturated rings. The number of nitrogens with one attached hydrogen (secondary N) is 1. The van der Waals surface area contributed by atoms with E-state index in [0.717, 1.165) is 54.9 Å². The second-order valence-electron chi connectivity index (χ2n) is 8.77. The third-order valence-electron chi connectivity index (χ3n) is 5.92. The lowest BCUT2D eigenvalue weighted by Crippen LogP contribution is -2.19. The summed E-state index contributed by atoms with van der Waals surface area (Å²) < 4.78 is 39.6. The molecule has 0 bridgehead atoms. The Morgan fingerprint density at radius 2 is 1.81 bits per heavy atom. The van der Waals surface area contributed by atoms with Gasteiger partial charge in [-0.25, -0.2) is 9.78 Å². The van der Waals surface area contributed by atoms with Crippen LogP contribution in [0.25, 0.3) is 0 Å². The number of nitrogen functional groups attached to an aromatic ring is 1. The van der Waals surface area contributed by atoms with Crippen molar-refractivity contribution in [1.82, 2.24) is 20.1 Å². The number of benzene rings is 1. The molecule has 0 spiro atoms. The minimum absolute atomic E-state index is 0.0414. The first-order valence-corrected chi connectivity index (χ1v) is 11.6. The van der Waals surface area contributed by atoms with Crippen LogP contribution in [0.1, 0.15) is 51.1 Å². The van der Waals surface area contributed by atoms with Gasteiger partial charge in [-0.2, -0.15) is 18.3 Å². The van der Waals surface area contributed by atoms with Gasteiger partial charge >= 0.3 is 12.1 Å². The molecule has 1 saturated heterocycles. The van der Waals surface area contributed by atoms with E-state index >= 15 is 0 Å². The summed E-state index contributed by atoms with van der Waals surface area (Å²) in [6.45, 7) is 6.95. The molecule has 36 heavy (non-hydrogen) atoms. The summed E-state index contributed by atoms with van der Waals surface area (Å²) in [6, 6.07) is 7.50. The smallest absolute Gasteiger partial charge is 0.436 e. The third kappa shape index (κ3) is 6.75. The van der Waals surface area contributed by atoms with Crippen molar-refractivity contribution >= 4 is 17.5 Å². The van der Waals surface area contributed by atoms with E-state index in [1.807, 2.05) is 19.2 Å². The summed E-state index contributed by atoms with van der Waals surface area (Å²) in [5.41, 5.74) is 8.91. The van der Waals surface area contributed by atoms with Crippen LogP contribution in [0.5, 0.6) is 0 Å². The van der Waals surface area contributed by atoms with E-state index in [0.29, 0.717) is 5.56 Å². The number of aromatic carboxylic acids is 1. The first-order chi connectivity index (χ1) is 17.0. The average molecular weight is 505 g/mol. The number of carboxylic acid groups (broad SMARTS) is 1. The highest BCUT2D eigenvalue weighted by atomic mass is 19.4. The van der Waals surface area contributed by atoms with Gasteiger partial charge in [0.25, 0.3) is 0 Å². The highest BCUT2D eigenvalue weighted by Gasteiger charge is 2.39. The number of alkyl halides is 3. The summed E-state index contributed by atoms with van der Waals surface area (Å²) in [6.07, 6.45) is -0.141. The van der Waals surface area contributed by atoms with Gasteiger partial charge in [0.1, 0.15) is 11.4 Å². The maximum Gasteiger partial charge on any atom is 0.436 e. The summed E-state index contributed by atoms with van der Waals surface area (Å²) in [5, 5.41) is 15.5. The van der Waals surface area contributed by atoms with Crippen molar-refractivity contribution in [3.8, 4) is 0 Å². The number of nitrogens with zero attached hydrogens (tertiary/aromatic N) is 4. The van der Waals surface area contributed by atoms with Crippen LogP contribution in [0.15, 0.2) is 36.7 Å². The van der Waals surface area contributed by atoms with Crippen molar-refractivity contribution < 1.29 is 23.1 Å². The maximum absolute atomic E-state index is 12.9. The minimum atomic E-state index is -4.81. The Hall–Kier alpha value is -3.60. The molecule has 3 heterocycles. The van der Waals surface area contributed by atoms with Crippen molar-refractivity contribution in [1.29, 1.82) is 0 Å². The molecule has 11 heteroatoms. The van der Waals surface area contributed by atoms with Gasteiger partial charge in [0.2, 0.25) is 0 Å². The molecule has 0 atom stereocenters. The summed E-state index contributed by atoms with van der Waals surface area (Å²) in [5.74, 6) is -0.882. The van der Waals surface area contributed by atoms with Gasteiger partial charge in [0.15, 0.2) is 5.69 Å². The Morgan fingerprint density at radius 1 is 1.17 bits per heavy atom. The Morgan fingerprint density at radius 3 is 2.33 bits per heavy atom. The number of aryl methyl sites for hydroxylation is 2. The number of pyridine rings is 1. The number of hydrogen-bond acceptors (Lipinski definition) is 6. The first kappa shape index (κ1) is 27.0. The fourth-order valence-corrected chi connectivity index (χ4v) is 4.22. The van der Waals surface area contributed by atoms with E-state index in [2.05, 4.69) is 34.1 Å². The van der Waals surface area contributed by atoms with Crippen LogP contribution in [0.3, 0.4) is 0 Å². The number of aromatic nitrogens is 3. The van der Waals surface area contributed by atoms with E-state index in [4.69, 9.17) is 10.8 Å². The van der Waals surface area contributed by atoms with Crippen molar-refractivity contribution in [3.63, 3.8) is 0 Å². The van der Waals surface area contributed by atoms with Crippen molar-refractivity contribution in [2.75, 3.05) is 30.8 Å². The van der Waals surface area contributed by atoms with E-state index in [1.165, 1.54) is 16.7 Å². The van der Waals surface area contributed by atoms with Crippen LogP contribution in [-0.4, -0.2) is 46.0 Å². The van der Waals surface area contributed by atoms with Crippen molar-refractivity contribution in [2.45, 2.75) is 46.0 Å². The molecule has 2 aromatic heterocycles. The number of rotatable bonds is 6. The van der Waals surface area contributed by atoms with E-state index < -0.39 is 23.4 Å². The summed E-state index contributed by atoms with van der Waals surface area (Å²) in [4.78, 5) is 17.4. The molecule has 8 nitrogen and oxygen atoms in total. The molecule has 0 amide bonds. The van der Waals surface area contributed by atoms with Crippen LogP contribution in [0.2, 0.25) is 0 Å². The number of nitrogens with two attached hydrogens (primary N) is 1. The predicted molar refractivity (Wildman–Crippen MR) is 132 cm³/mol. The second-order valence-corrected chi connectivity index (χ2v) is 8.77. The molecule has 4 N–H and O–H groups in total. The molecular weight excluding hydrogens is 473 g/mol. The lowest BCUT2D eigenvalue weighted by atomic mass is 10.0. The first-order valence-electron chi connectivity index (χ1n) is 11.6. The average Bonchev–Trinajstić information content (AvgIpc) is 3.47.